The van der Waals surface area contributed by atoms with Gasteiger partial charge in [-0.1, -0.05) is 12.1 Å². The third-order valence-electron chi connectivity index (χ3n) is 5.03. The molecule has 3 heteroatoms. The van der Waals surface area contributed by atoms with E-state index in [1.165, 1.54) is 0 Å². The summed E-state index contributed by atoms with van der Waals surface area (Å²) in [6.07, 6.45) is 0. The molecule has 0 unspecified atom stereocenters. The molecule has 0 aliphatic carbocycles. The molecular weight excluding hydrogens is 324 g/mol. The predicted octanol–water partition coefficient (Wildman–Crippen LogP) is 5.68. The molecule has 0 atom stereocenters. The van der Waals surface area contributed by atoms with E-state index >= 15 is 0 Å². The van der Waals surface area contributed by atoms with Crippen LogP contribution in [0.2, 0.25) is 0 Å². The predicted molar refractivity (Wildman–Crippen MR) is 106 cm³/mol. The summed E-state index contributed by atoms with van der Waals surface area (Å²) in [6, 6.07) is 11.2. The summed E-state index contributed by atoms with van der Waals surface area (Å²) in [6.45, 7) is 9.46. The summed E-state index contributed by atoms with van der Waals surface area (Å²) in [4.78, 5) is 0. The van der Waals surface area contributed by atoms with Crippen LogP contribution in [0.25, 0.3) is 22.3 Å². The molecule has 0 spiro atoms. The number of hydrogen-bond acceptors (Lipinski definition) is 3. The third kappa shape index (κ3) is 2.90. The Hall–Kier alpha value is -2.94. The van der Waals surface area contributed by atoms with Gasteiger partial charge in [0.1, 0.15) is 17.2 Å². The van der Waals surface area contributed by atoms with Crippen LogP contribution in [-0.2, 0) is 0 Å². The molecule has 26 heavy (non-hydrogen) atoms. The second-order valence-electron chi connectivity index (χ2n) is 7.06. The summed E-state index contributed by atoms with van der Waals surface area (Å²) in [5.74, 6) is 0.748. The van der Waals surface area contributed by atoms with Crippen LogP contribution in [0, 0.1) is 34.6 Å². The molecule has 0 fully saturated rings. The molecule has 3 rings (SSSR count). The van der Waals surface area contributed by atoms with Gasteiger partial charge < -0.3 is 15.3 Å². The van der Waals surface area contributed by atoms with Crippen molar-refractivity contribution in [2.24, 2.45) is 0 Å². The first kappa shape index (κ1) is 17.9. The van der Waals surface area contributed by atoms with E-state index < -0.39 is 0 Å². The molecule has 0 saturated heterocycles. The number of aromatic hydroxyl groups is 3. The maximum atomic E-state index is 10.9. The van der Waals surface area contributed by atoms with Crippen LogP contribution in [0.3, 0.4) is 0 Å². The first-order chi connectivity index (χ1) is 12.2. The van der Waals surface area contributed by atoms with Crippen LogP contribution < -0.4 is 0 Å². The average Bonchev–Trinajstić information content (AvgIpc) is 2.57. The Morgan fingerprint density at radius 2 is 1.00 bits per heavy atom. The van der Waals surface area contributed by atoms with Crippen LogP contribution in [0.15, 0.2) is 36.4 Å². The zero-order chi connectivity index (χ0) is 19.2. The second kappa shape index (κ2) is 6.41. The van der Waals surface area contributed by atoms with Crippen molar-refractivity contribution < 1.29 is 15.3 Å². The summed E-state index contributed by atoms with van der Waals surface area (Å²) in [5.41, 5.74) is 7.68. The summed E-state index contributed by atoms with van der Waals surface area (Å²) in [7, 11) is 0. The largest absolute Gasteiger partial charge is 0.508 e. The topological polar surface area (TPSA) is 60.7 Å². The average molecular weight is 348 g/mol. The van der Waals surface area contributed by atoms with E-state index in [-0.39, 0.29) is 17.2 Å². The fraction of sp³-hybridized carbons (Fsp3) is 0.217. The van der Waals surface area contributed by atoms with E-state index in [4.69, 9.17) is 0 Å². The Balaban J connectivity index is 2.39. The lowest BCUT2D eigenvalue weighted by Crippen LogP contribution is -1.94. The van der Waals surface area contributed by atoms with Gasteiger partial charge in [0, 0.05) is 5.56 Å². The molecule has 0 aliphatic heterocycles. The van der Waals surface area contributed by atoms with Crippen molar-refractivity contribution in [2.45, 2.75) is 34.6 Å². The van der Waals surface area contributed by atoms with Gasteiger partial charge in [0.25, 0.3) is 0 Å². The number of rotatable bonds is 2. The highest BCUT2D eigenvalue weighted by Gasteiger charge is 2.19. The van der Waals surface area contributed by atoms with E-state index in [9.17, 15) is 15.3 Å². The van der Waals surface area contributed by atoms with Crippen LogP contribution in [0.1, 0.15) is 27.8 Å². The monoisotopic (exact) mass is 348 g/mol. The fourth-order valence-electron chi connectivity index (χ4n) is 3.35. The Morgan fingerprint density at radius 3 is 1.58 bits per heavy atom. The molecule has 0 radical (unpaired) electrons. The smallest absolute Gasteiger partial charge is 0.126 e. The van der Waals surface area contributed by atoms with Gasteiger partial charge in [-0.15, -0.1) is 0 Å². The van der Waals surface area contributed by atoms with Crippen molar-refractivity contribution in [1.82, 2.24) is 0 Å². The van der Waals surface area contributed by atoms with Gasteiger partial charge in [-0.3, -0.25) is 0 Å². The molecule has 0 amide bonds. The lowest BCUT2D eigenvalue weighted by molar-refractivity contribution is 0.469. The number of benzene rings is 3. The van der Waals surface area contributed by atoms with Gasteiger partial charge in [-0.25, -0.2) is 0 Å². The van der Waals surface area contributed by atoms with Gasteiger partial charge in [0.15, 0.2) is 0 Å². The van der Waals surface area contributed by atoms with Crippen molar-refractivity contribution in [3.63, 3.8) is 0 Å². The van der Waals surface area contributed by atoms with Crippen molar-refractivity contribution in [3.8, 4) is 39.5 Å². The maximum absolute atomic E-state index is 10.9. The molecule has 3 aromatic carbocycles. The highest BCUT2D eigenvalue weighted by molar-refractivity contribution is 5.91. The van der Waals surface area contributed by atoms with E-state index in [0.29, 0.717) is 0 Å². The minimum atomic E-state index is 0.237. The van der Waals surface area contributed by atoms with Gasteiger partial charge in [0.05, 0.1) is 0 Å². The SMILES string of the molecule is Cc1cc(-c2ccc(C)c(O)c2-c2cc(C)c(O)cc2C)c(C)cc1O. The van der Waals surface area contributed by atoms with Gasteiger partial charge in [0.2, 0.25) is 0 Å². The van der Waals surface area contributed by atoms with Crippen LogP contribution in [0.5, 0.6) is 17.2 Å². The minimum absolute atomic E-state index is 0.237. The molecule has 3 nitrogen and oxygen atoms in total. The Kier molecular flexibility index (Phi) is 4.41. The summed E-state index contributed by atoms with van der Waals surface area (Å²) >= 11 is 0. The van der Waals surface area contributed by atoms with Crippen molar-refractivity contribution in [1.29, 1.82) is 0 Å². The minimum Gasteiger partial charge on any atom is -0.508 e. The number of phenolic OH excluding ortho intramolecular Hbond substituents is 3. The molecular formula is C23H24O3. The van der Waals surface area contributed by atoms with E-state index in [1.807, 2.05) is 58.9 Å². The first-order valence-corrected chi connectivity index (χ1v) is 8.64. The first-order valence-electron chi connectivity index (χ1n) is 8.64. The number of phenols is 3. The van der Waals surface area contributed by atoms with Crippen LogP contribution in [0.4, 0.5) is 0 Å². The van der Waals surface area contributed by atoms with E-state index in [2.05, 4.69) is 0 Å². The molecule has 0 heterocycles. The van der Waals surface area contributed by atoms with Gasteiger partial charge >= 0.3 is 0 Å². The zero-order valence-electron chi connectivity index (χ0n) is 15.8. The highest BCUT2D eigenvalue weighted by atomic mass is 16.3. The maximum Gasteiger partial charge on any atom is 0.126 e. The molecule has 3 aromatic rings. The Bertz CT molecular complexity index is 1020. The lowest BCUT2D eigenvalue weighted by atomic mass is 9.87. The van der Waals surface area contributed by atoms with Gasteiger partial charge in [-0.05, 0) is 103 Å². The molecule has 0 aliphatic rings. The standard InChI is InChI=1S/C23H24O3/c1-12-6-7-17(18-8-15(4)20(24)10-13(18)2)22(23(12)26)19-9-16(5)21(25)11-14(19)3/h6-11,24-26H,1-5H3. The Labute approximate surface area is 154 Å². The van der Waals surface area contributed by atoms with E-state index in [1.54, 1.807) is 12.1 Å². The fourth-order valence-corrected chi connectivity index (χ4v) is 3.35. The number of hydrogen-bond donors (Lipinski definition) is 3. The molecule has 0 aromatic heterocycles. The van der Waals surface area contributed by atoms with Gasteiger partial charge in [-0.2, -0.15) is 0 Å². The highest BCUT2D eigenvalue weighted by Crippen LogP contribution is 2.44. The lowest BCUT2D eigenvalue weighted by Gasteiger charge is -2.19. The van der Waals surface area contributed by atoms with Crippen LogP contribution in [-0.4, -0.2) is 15.3 Å². The van der Waals surface area contributed by atoms with Crippen molar-refractivity contribution in [2.75, 3.05) is 0 Å². The second-order valence-corrected chi connectivity index (χ2v) is 7.06. The van der Waals surface area contributed by atoms with E-state index in [0.717, 1.165) is 50.1 Å². The quantitative estimate of drug-likeness (QED) is 0.558. The van der Waals surface area contributed by atoms with Crippen molar-refractivity contribution in [3.05, 3.63) is 64.2 Å². The molecule has 3 N–H and O–H groups in total. The summed E-state index contributed by atoms with van der Waals surface area (Å²) in [5, 5.41) is 30.9. The zero-order valence-corrected chi connectivity index (χ0v) is 15.8. The normalized spacial score (nSPS) is 11.0. The molecule has 0 saturated carbocycles. The van der Waals surface area contributed by atoms with Crippen molar-refractivity contribution >= 4 is 0 Å². The Morgan fingerprint density at radius 1 is 0.500 bits per heavy atom. The molecule has 134 valence electrons. The third-order valence-corrected chi connectivity index (χ3v) is 5.03. The summed E-state index contributed by atoms with van der Waals surface area (Å²) < 4.78 is 0. The van der Waals surface area contributed by atoms with Crippen LogP contribution >= 0.6 is 0 Å². The molecule has 0 bridgehead atoms. The number of aryl methyl sites for hydroxylation is 5.